The molecule has 0 saturated heterocycles. The molecular weight excluding hydrogens is 1980 g/mol. The minimum Gasteiger partial charge on any atom is -1.00 e. The molecule has 0 amide bonds. The number of fused-ring (bicyclic) bond motifs is 8. The van der Waals surface area contributed by atoms with Crippen molar-refractivity contribution in [3.05, 3.63) is 288 Å². The first-order valence-electron chi connectivity index (χ1n) is 46.3. The van der Waals surface area contributed by atoms with E-state index in [1.165, 1.54) is 102 Å². The van der Waals surface area contributed by atoms with Crippen LogP contribution in [0.4, 0.5) is 0 Å². The van der Waals surface area contributed by atoms with Gasteiger partial charge in [-0.15, -0.1) is 23.2 Å². The Bertz CT molecular complexity index is 5470. The molecule has 14 rings (SSSR count). The van der Waals surface area contributed by atoms with E-state index in [1.807, 2.05) is 97.1 Å². The number of nitrogens with one attached hydrogen (secondary N) is 2. The number of phenolic OH excluding ortho intramolecular Hbond substituents is 1. The number of alkyl halides is 3. The van der Waals surface area contributed by atoms with Crippen molar-refractivity contribution in [1.82, 2.24) is 19.9 Å². The Morgan fingerprint density at radius 2 is 0.573 bits per heavy atom. The fraction of sp³-hybridized carbons (Fsp3) is 0.319. The van der Waals surface area contributed by atoms with E-state index in [9.17, 15) is 34.5 Å². The van der Waals surface area contributed by atoms with Gasteiger partial charge in [-0.05, 0) is 229 Å². The van der Waals surface area contributed by atoms with Crippen LogP contribution in [-0.4, -0.2) is 184 Å². The molecule has 9 N–H and O–H groups in total. The summed E-state index contributed by atoms with van der Waals surface area (Å²) in [6.07, 6.45) is 41.9. The number of aromatic hydroxyl groups is 1. The van der Waals surface area contributed by atoms with Gasteiger partial charge in [0.1, 0.15) is 111 Å². The number of nitrogens with zero attached hydrogens (tertiary/aromatic N) is 2. The van der Waals surface area contributed by atoms with E-state index in [0.717, 1.165) is 152 Å². The molecule has 143 heavy (non-hydrogen) atoms. The summed E-state index contributed by atoms with van der Waals surface area (Å²) in [7, 11) is 0. The fourth-order valence-electron chi connectivity index (χ4n) is 13.8. The number of allylic oxidation sites excluding steroid dienone is 4. The van der Waals surface area contributed by atoms with Crippen LogP contribution in [0.2, 0.25) is 0 Å². The number of phenols is 1. The first-order valence-corrected chi connectivity index (χ1v) is 48.5. The number of hydrogen-bond donors (Lipinski definition) is 9. The molecule has 30 heteroatoms. The zero-order valence-corrected chi connectivity index (χ0v) is 90.1. The quantitative estimate of drug-likeness (QED) is 0.00325. The number of unbranched alkanes of at least 4 members (excludes halogenated alkanes) is 14. The molecule has 3 aliphatic rings. The molecule has 11 aromatic rings. The van der Waals surface area contributed by atoms with E-state index < -0.39 is 0 Å². The number of carbonyl (C=O) groups is 5. The second kappa shape index (κ2) is 81.5. The third-order valence-electron chi connectivity index (χ3n) is 20.4. The number of aliphatic hydroxyl groups excluding tert-OH is 6. The number of aromatic amines is 2. The molecule has 8 aromatic carbocycles. The summed E-state index contributed by atoms with van der Waals surface area (Å²) >= 11 is 12.5. The maximum Gasteiger partial charge on any atom is 1.00 e. The molecule has 0 unspecified atom stereocenters. The first kappa shape index (κ1) is 129. The van der Waals surface area contributed by atoms with E-state index in [1.54, 1.807) is 72.8 Å². The zero-order chi connectivity index (χ0) is 99.9. The largest absolute Gasteiger partial charge is 1.00 e. The van der Waals surface area contributed by atoms with Crippen LogP contribution in [0.3, 0.4) is 0 Å². The Morgan fingerprint density at radius 1 is 0.357 bits per heavy atom. The maximum absolute atomic E-state index is 10.5. The van der Waals surface area contributed by atoms with Crippen LogP contribution in [0.1, 0.15) is 203 Å². The average Bonchev–Trinajstić information content (AvgIpc) is 1.61. The molecule has 8 bridgehead atoms. The molecule has 1 aliphatic carbocycles. The Hall–Kier alpha value is -9.65. The third-order valence-corrected chi connectivity index (χ3v) is 20.8. The van der Waals surface area contributed by atoms with Crippen molar-refractivity contribution in [2.75, 3.05) is 96.6 Å². The van der Waals surface area contributed by atoms with Gasteiger partial charge in [0.25, 0.3) is 6.47 Å². The van der Waals surface area contributed by atoms with Gasteiger partial charge in [0.05, 0.1) is 93.1 Å². The van der Waals surface area contributed by atoms with Crippen LogP contribution in [0.15, 0.2) is 237 Å². The molecule has 0 fully saturated rings. The Balaban J connectivity index is 0.00000113. The van der Waals surface area contributed by atoms with E-state index in [4.69, 9.17) is 96.8 Å². The molecule has 25 nitrogen and oxygen atoms in total. The second-order valence-electron chi connectivity index (χ2n) is 30.6. The molecule has 0 atom stereocenters. The first-order chi connectivity index (χ1) is 68.2. The van der Waals surface area contributed by atoms with E-state index >= 15 is 0 Å². The van der Waals surface area contributed by atoms with Crippen LogP contribution in [0.5, 0.6) is 46.0 Å². The van der Waals surface area contributed by atoms with Crippen LogP contribution >= 0.6 is 39.1 Å². The van der Waals surface area contributed by atoms with Gasteiger partial charge in [0.15, 0.2) is 6.08 Å². The topological polar surface area (TPSA) is 381 Å². The van der Waals surface area contributed by atoms with Crippen LogP contribution in [0, 0.1) is 6.08 Å². The second-order valence-corrected chi connectivity index (χ2v) is 32.2. The van der Waals surface area contributed by atoms with Crippen molar-refractivity contribution in [2.24, 2.45) is 0 Å². The average molecular weight is 2120 g/mol. The van der Waals surface area contributed by atoms with Crippen molar-refractivity contribution >= 4 is 117 Å². The number of halogens is 3. The monoisotopic (exact) mass is 2110 g/mol. The number of hydrogen-bond acceptors (Lipinski definition) is 23. The van der Waals surface area contributed by atoms with Gasteiger partial charge < -0.3 is 90.4 Å². The minimum absolute atomic E-state index is 0. The van der Waals surface area contributed by atoms with Crippen LogP contribution in [-0.2, 0) is 9.68 Å². The van der Waals surface area contributed by atoms with Gasteiger partial charge in [0.2, 0.25) is 0 Å². The number of rotatable bonds is 45. The van der Waals surface area contributed by atoms with E-state index in [2.05, 4.69) is 130 Å². The smallest absolute Gasteiger partial charge is 1.00 e. The van der Waals surface area contributed by atoms with Crippen molar-refractivity contribution in [3.8, 4) is 90.5 Å². The van der Waals surface area contributed by atoms with Crippen molar-refractivity contribution in [2.45, 2.75) is 138 Å². The summed E-state index contributed by atoms with van der Waals surface area (Å²) in [6.45, 7) is 6.92. The minimum atomic E-state index is -0.181. The Kier molecular flexibility index (Phi) is 73.8. The van der Waals surface area contributed by atoms with Crippen LogP contribution < -0.4 is 141 Å². The summed E-state index contributed by atoms with van der Waals surface area (Å²) < 4.78 is 39.4. The van der Waals surface area contributed by atoms with Gasteiger partial charge >= 0.3 is 103 Å². The molecule has 2 aliphatic heterocycles. The maximum atomic E-state index is 10.5. The molecule has 0 saturated carbocycles. The summed E-state index contributed by atoms with van der Waals surface area (Å²) in [5, 5.41) is 71.1. The molecule has 756 valence electrons. The standard InChI is InChI=1S/C60H62N4O7.C17H26O2.2C9H10O3.C7H6O2.C5H5.C2H5BrO.CH2Cl2.CH2O3.2CH4.2K.H/c1-2-3-4-5-6-7-8-9-37-68-45-18-10-41(11-19-45)57-49-26-28-51(61-49)58(42-12-20-46(21-13-42)69-38-34-65)53-30-32-55(63-53)60(44-16-24-48(25-17-44)71-40-36-67)56-33-31-54(64-56)59(52-29-27-50(57)62-52)43-14-22-47(23-15-43)70-39-35-66;1-2-3-4-5-6-7-8-9-14-19-17-12-10-16(15-18)11-13-17;2*10-5-6-12-9-3-1-8(7-11)2-4-9;8-5-6-1-3-7(9)4-2-6;1-2-4-5-3-1;3-1-2-4;2-1-3;2-1-4-3;;;;;/h10-33,61,64-67H,2-9,34-40H2,1H3;10-13,15H,2-9,14H2,1H3;2*1-4,7,10H,5-6H2;1-5,9H;1-3H,4H2;4H,1-2H2;1H2;1,3H;2*1H4;;;/q;;;;;+1;;;;;;2*+1;-1/p-1. The SMILES string of the molecule is C.C.CCCCCCCCCCOc1ccc(-c2c3nc(c(-c4ccc(OCCO)cc4)c4ccc([nH]4)c(-c4ccc(OCCO)cc4)c4nc(c(-c5ccc(OCCO)cc5)c5ccc2[nH]5)C=C4)C=C3)cc1.CCCCCCCCCCOc1ccc(C=O)cc1.ClCCl.O=CO[O-].O=Cc1ccc(O)cc1.O=Cc1ccc(OCCO)cc1.O=Cc1ccc(OCCO)cc1.OCCBr.[C+]1=CC=CC1.[H-].[K+].[K+]. The summed E-state index contributed by atoms with van der Waals surface area (Å²) in [5.74, 6) is 5.16. The number of benzene rings is 8. The van der Waals surface area contributed by atoms with Crippen molar-refractivity contribution in [3.63, 3.8) is 0 Å². The number of ether oxygens (including phenoxy) is 7. The normalized spacial score (nSPS) is 10.4. The van der Waals surface area contributed by atoms with Crippen LogP contribution in [0.25, 0.3) is 90.9 Å². The van der Waals surface area contributed by atoms with Gasteiger partial charge in [-0.1, -0.05) is 183 Å². The summed E-state index contributed by atoms with van der Waals surface area (Å²) in [5.41, 5.74) is 16.4. The molecule has 0 radical (unpaired) electrons. The van der Waals surface area contributed by atoms with Crippen molar-refractivity contribution < 1.29 is 207 Å². The molecule has 0 spiro atoms. The fourth-order valence-corrected chi connectivity index (χ4v) is 13.8. The van der Waals surface area contributed by atoms with Gasteiger partial charge in [-0.25, -0.2) is 9.97 Å². The number of carbonyl (C=O) groups excluding carboxylic acids is 5. The zero-order valence-electron chi connectivity index (χ0n) is 81.7. The Labute approximate surface area is 946 Å². The summed E-state index contributed by atoms with van der Waals surface area (Å²) in [6, 6.07) is 67.1. The molecule has 5 heterocycles. The molecule has 3 aromatic heterocycles. The van der Waals surface area contributed by atoms with Gasteiger partial charge in [-0.3, -0.25) is 24.0 Å². The predicted octanol–water partition coefficient (Wildman–Crippen LogP) is 17.8. The van der Waals surface area contributed by atoms with E-state index in [0.29, 0.717) is 62.9 Å². The van der Waals surface area contributed by atoms with Gasteiger partial charge in [-0.2, -0.15) is 0 Å². The van der Waals surface area contributed by atoms with E-state index in [-0.39, 0.29) is 209 Å². The number of aldehydes is 4. The number of aromatic nitrogens is 4. The Morgan fingerprint density at radius 3 is 0.762 bits per heavy atom. The predicted molar refractivity (Wildman–Crippen MR) is 569 cm³/mol. The number of H-pyrrole nitrogens is 2. The summed E-state index contributed by atoms with van der Waals surface area (Å²) in [4.78, 5) is 70.8. The number of aliphatic hydroxyl groups is 6. The molecular formula is C113H136BrCl2K2N4O21+. The van der Waals surface area contributed by atoms with Crippen molar-refractivity contribution in [1.29, 1.82) is 0 Å². The third kappa shape index (κ3) is 50.3. The van der Waals surface area contributed by atoms with Gasteiger partial charge in [0, 0.05) is 78.0 Å².